The molecule has 3 rings (SSSR count). The molecule has 12 heteroatoms. The Morgan fingerprint density at radius 1 is 1.17 bits per heavy atom. The summed E-state index contributed by atoms with van der Waals surface area (Å²) in [7, 11) is 1.54. The largest absolute Gasteiger partial charge is 0.497 e. The smallest absolute Gasteiger partial charge is 0.270 e. The highest BCUT2D eigenvalue weighted by molar-refractivity contribution is 7.80. The Balaban J connectivity index is 1.63. The van der Waals surface area contributed by atoms with Gasteiger partial charge in [0.15, 0.2) is 5.11 Å². The van der Waals surface area contributed by atoms with Crippen molar-refractivity contribution >= 4 is 67.9 Å². The zero-order valence-electron chi connectivity index (χ0n) is 15.2. The van der Waals surface area contributed by atoms with Gasteiger partial charge in [-0.05, 0) is 36.5 Å². The summed E-state index contributed by atoms with van der Waals surface area (Å²) < 4.78 is 5.93. The number of carbonyl (C=O) groups is 2. The summed E-state index contributed by atoms with van der Waals surface area (Å²) in [6, 6.07) is 10.4. The van der Waals surface area contributed by atoms with E-state index in [9.17, 15) is 19.7 Å². The Kier molecular flexibility index (Phi) is 6.45. The van der Waals surface area contributed by atoms with Crippen molar-refractivity contribution in [3.05, 3.63) is 68.0 Å². The monoisotopic (exact) mass is 464 g/mol. The number of nitro groups is 1. The predicted molar refractivity (Wildman–Crippen MR) is 117 cm³/mol. The first-order valence-corrected chi connectivity index (χ1v) is 9.82. The van der Waals surface area contributed by atoms with Crippen LogP contribution in [-0.4, -0.2) is 29.0 Å². The lowest BCUT2D eigenvalue weighted by atomic mass is 10.2. The molecule has 0 aliphatic rings. The van der Waals surface area contributed by atoms with Crippen molar-refractivity contribution in [2.45, 2.75) is 0 Å². The SMILES string of the molecule is COc1ccc2c(Cl)c(C(=O)NC(=S)NNC(=O)c3cccc([N+](=O)[O-])c3)sc2c1. The minimum absolute atomic E-state index is 0.0484. The second kappa shape index (κ2) is 9.03. The molecule has 1 heterocycles. The van der Waals surface area contributed by atoms with E-state index in [1.807, 2.05) is 0 Å². The van der Waals surface area contributed by atoms with Crippen molar-refractivity contribution < 1.29 is 19.2 Å². The summed E-state index contributed by atoms with van der Waals surface area (Å²) in [5, 5.41) is 14.0. The van der Waals surface area contributed by atoms with E-state index in [1.165, 1.54) is 36.6 Å². The fourth-order valence-corrected chi connectivity index (χ4v) is 4.04. The van der Waals surface area contributed by atoms with Gasteiger partial charge in [0.25, 0.3) is 17.5 Å². The molecule has 3 aromatic rings. The van der Waals surface area contributed by atoms with Crippen molar-refractivity contribution in [3.63, 3.8) is 0 Å². The van der Waals surface area contributed by atoms with E-state index >= 15 is 0 Å². The fourth-order valence-electron chi connectivity index (χ4n) is 2.46. The molecule has 154 valence electrons. The molecule has 0 aliphatic heterocycles. The summed E-state index contributed by atoms with van der Waals surface area (Å²) in [4.78, 5) is 35.0. The fraction of sp³-hybridized carbons (Fsp3) is 0.0556. The van der Waals surface area contributed by atoms with Gasteiger partial charge in [-0.25, -0.2) is 0 Å². The average Bonchev–Trinajstić information content (AvgIpc) is 3.07. The zero-order chi connectivity index (χ0) is 21.8. The molecule has 0 saturated carbocycles. The van der Waals surface area contributed by atoms with Crippen molar-refractivity contribution in [3.8, 4) is 5.75 Å². The third kappa shape index (κ3) is 4.64. The molecule has 0 aliphatic carbocycles. The lowest BCUT2D eigenvalue weighted by Crippen LogP contribution is -2.48. The number of hydrogen-bond donors (Lipinski definition) is 3. The van der Waals surface area contributed by atoms with Crippen molar-refractivity contribution in [2.24, 2.45) is 0 Å². The van der Waals surface area contributed by atoms with Gasteiger partial charge in [-0.1, -0.05) is 17.7 Å². The summed E-state index contributed by atoms with van der Waals surface area (Å²) in [5.41, 5.74) is 4.46. The van der Waals surface area contributed by atoms with Crippen LogP contribution in [0.15, 0.2) is 42.5 Å². The van der Waals surface area contributed by atoms with Crippen molar-refractivity contribution in [1.29, 1.82) is 0 Å². The van der Waals surface area contributed by atoms with Gasteiger partial charge in [-0.2, -0.15) is 0 Å². The van der Waals surface area contributed by atoms with Crippen LogP contribution in [0.2, 0.25) is 5.02 Å². The maximum atomic E-state index is 12.5. The van der Waals surface area contributed by atoms with E-state index < -0.39 is 16.7 Å². The number of methoxy groups -OCH3 is 1. The standard InChI is InChI=1S/C18H13ClN4O5S2/c1-28-11-5-6-12-13(8-11)30-15(14(12)19)17(25)20-18(29)22-21-16(24)9-3-2-4-10(7-9)23(26)27/h2-8H,1H3,(H,21,24)(H2,20,22,25,29). The minimum atomic E-state index is -0.665. The van der Waals surface area contributed by atoms with Crippen LogP contribution in [0.3, 0.4) is 0 Å². The van der Waals surface area contributed by atoms with Crippen LogP contribution < -0.4 is 20.9 Å². The molecule has 3 N–H and O–H groups in total. The van der Waals surface area contributed by atoms with Gasteiger partial charge in [0.1, 0.15) is 10.6 Å². The van der Waals surface area contributed by atoms with Crippen LogP contribution in [0.25, 0.3) is 10.1 Å². The summed E-state index contributed by atoms with van der Waals surface area (Å²) in [6.07, 6.45) is 0. The van der Waals surface area contributed by atoms with Gasteiger partial charge in [-0.3, -0.25) is 35.9 Å². The first-order chi connectivity index (χ1) is 14.3. The van der Waals surface area contributed by atoms with E-state index in [-0.39, 0.29) is 26.3 Å². The summed E-state index contributed by atoms with van der Waals surface area (Å²) >= 11 is 12.5. The first-order valence-electron chi connectivity index (χ1n) is 8.22. The van der Waals surface area contributed by atoms with Crippen LogP contribution in [0.5, 0.6) is 5.75 Å². The van der Waals surface area contributed by atoms with Gasteiger partial charge in [0.05, 0.1) is 17.1 Å². The molecular weight excluding hydrogens is 452 g/mol. The first kappa shape index (κ1) is 21.4. The molecule has 1 aromatic heterocycles. The highest BCUT2D eigenvalue weighted by atomic mass is 35.5. The lowest BCUT2D eigenvalue weighted by molar-refractivity contribution is -0.384. The molecule has 2 aromatic carbocycles. The number of hydrogen-bond acceptors (Lipinski definition) is 7. The van der Waals surface area contributed by atoms with Crippen LogP contribution in [0.4, 0.5) is 5.69 Å². The quantitative estimate of drug-likeness (QED) is 0.307. The second-order valence-electron chi connectivity index (χ2n) is 5.78. The molecule has 0 atom stereocenters. The molecule has 0 unspecified atom stereocenters. The number of fused-ring (bicyclic) bond motifs is 1. The lowest BCUT2D eigenvalue weighted by Gasteiger charge is -2.10. The van der Waals surface area contributed by atoms with Crippen molar-refractivity contribution in [2.75, 3.05) is 7.11 Å². The third-order valence-electron chi connectivity index (χ3n) is 3.88. The number of rotatable bonds is 4. The van der Waals surface area contributed by atoms with Gasteiger partial charge in [0, 0.05) is 27.8 Å². The molecular formula is C18H13ClN4O5S2. The van der Waals surface area contributed by atoms with E-state index in [1.54, 1.807) is 18.2 Å². The molecule has 30 heavy (non-hydrogen) atoms. The number of nitro benzene ring substituents is 1. The maximum absolute atomic E-state index is 12.5. The number of nitrogens with one attached hydrogen (secondary N) is 3. The number of thiocarbonyl (C=S) groups is 1. The normalized spacial score (nSPS) is 10.3. The predicted octanol–water partition coefficient (Wildman–Crippen LogP) is 3.42. The number of thiophene rings is 1. The molecule has 0 radical (unpaired) electrons. The number of hydrazine groups is 1. The van der Waals surface area contributed by atoms with Crippen LogP contribution in [0.1, 0.15) is 20.0 Å². The molecule has 0 bridgehead atoms. The van der Waals surface area contributed by atoms with Gasteiger partial charge in [0.2, 0.25) is 0 Å². The number of ether oxygens (including phenoxy) is 1. The molecule has 0 spiro atoms. The van der Waals surface area contributed by atoms with Crippen LogP contribution >= 0.6 is 35.2 Å². The highest BCUT2D eigenvalue weighted by Gasteiger charge is 2.19. The van der Waals surface area contributed by atoms with Gasteiger partial charge < -0.3 is 4.74 Å². The van der Waals surface area contributed by atoms with E-state index in [0.717, 1.165) is 10.8 Å². The molecule has 0 fully saturated rings. The zero-order valence-corrected chi connectivity index (χ0v) is 17.6. The number of carbonyl (C=O) groups excluding carboxylic acids is 2. The van der Waals surface area contributed by atoms with E-state index in [0.29, 0.717) is 11.1 Å². The minimum Gasteiger partial charge on any atom is -0.497 e. The maximum Gasteiger partial charge on any atom is 0.270 e. The Morgan fingerprint density at radius 2 is 1.93 bits per heavy atom. The van der Waals surface area contributed by atoms with E-state index in [4.69, 9.17) is 28.6 Å². The Morgan fingerprint density at radius 3 is 2.63 bits per heavy atom. The molecule has 2 amide bonds. The number of benzene rings is 2. The molecule has 9 nitrogen and oxygen atoms in total. The third-order valence-corrected chi connectivity index (χ3v) is 5.74. The van der Waals surface area contributed by atoms with Gasteiger partial charge in [-0.15, -0.1) is 11.3 Å². The summed E-state index contributed by atoms with van der Waals surface area (Å²) in [5.74, 6) is -0.585. The number of non-ortho nitro benzene ring substituents is 1. The van der Waals surface area contributed by atoms with Crippen LogP contribution in [-0.2, 0) is 0 Å². The Hall–Kier alpha value is -3.28. The second-order valence-corrected chi connectivity index (χ2v) is 7.62. The Labute approximate surface area is 184 Å². The van der Waals surface area contributed by atoms with E-state index in [2.05, 4.69) is 16.2 Å². The van der Waals surface area contributed by atoms with Gasteiger partial charge >= 0.3 is 0 Å². The number of nitrogens with zero attached hydrogens (tertiary/aromatic N) is 1. The Bertz CT molecular complexity index is 1180. The number of halogens is 1. The highest BCUT2D eigenvalue weighted by Crippen LogP contribution is 2.37. The van der Waals surface area contributed by atoms with Crippen LogP contribution in [0, 0.1) is 10.1 Å². The molecule has 0 saturated heterocycles. The number of amides is 2. The summed E-state index contributed by atoms with van der Waals surface area (Å²) in [6.45, 7) is 0. The van der Waals surface area contributed by atoms with Crippen molar-refractivity contribution in [1.82, 2.24) is 16.2 Å². The average molecular weight is 465 g/mol. The topological polar surface area (TPSA) is 123 Å².